The number of benzene rings is 16. The summed E-state index contributed by atoms with van der Waals surface area (Å²) in [6, 6.07) is 130. The van der Waals surface area contributed by atoms with E-state index < -0.39 is 0 Å². The summed E-state index contributed by atoms with van der Waals surface area (Å²) in [4.78, 5) is 0. The Morgan fingerprint density at radius 3 is 0.820 bits per heavy atom. The van der Waals surface area contributed by atoms with Gasteiger partial charge in [0.05, 0.1) is 88.3 Å². The quantitative estimate of drug-likeness (QED) is 0.0865. The fourth-order valence-electron chi connectivity index (χ4n) is 19.8. The lowest BCUT2D eigenvalue weighted by atomic mass is 10.1. The second-order valence-electron chi connectivity index (χ2n) is 31.8. The molecule has 24 aromatic rings. The van der Waals surface area contributed by atoms with E-state index in [1.165, 1.54) is 169 Å². The van der Waals surface area contributed by atoms with Crippen LogP contribution in [0, 0.1) is 0 Å². The van der Waals surface area contributed by atoms with E-state index in [1.54, 1.807) is 0 Å². The van der Waals surface area contributed by atoms with Gasteiger partial charge in [-0.2, -0.15) is 0 Å². The summed E-state index contributed by atoms with van der Waals surface area (Å²) in [5.74, 6) is 0. The molecule has 24 rings (SSSR count). The Morgan fingerprint density at radius 2 is 0.406 bits per heavy atom. The molecule has 128 heavy (non-hydrogen) atoms. The van der Waals surface area contributed by atoms with Crippen LogP contribution in [0.15, 0.2) is 490 Å². The molecule has 8 heteroatoms. The Morgan fingerprint density at radius 1 is 0.164 bits per heavy atom. The van der Waals surface area contributed by atoms with Crippen LogP contribution in [0.3, 0.4) is 0 Å². The minimum absolute atomic E-state index is 1.01. The zero-order valence-electron chi connectivity index (χ0n) is 70.8. The molecule has 0 N–H and O–H groups in total. The Hall–Kier alpha value is -17.2. The van der Waals surface area contributed by atoms with Gasteiger partial charge in [-0.25, -0.2) is 0 Å². The van der Waals surface area contributed by atoms with Crippen LogP contribution >= 0.6 is 0 Å². The SMILES string of the molecule is C=C/C=C(\C=C)n1c2ccccc2c2c1ccc1c3ccccc3n(-c3ccccc3)c12.C=C/C=C(\C=C)n1c2ccccc2c2c3c4ccccc4n(-c4ccccc4)c3ccc21.C=C/C=C(\C=C)n1c2ccccc2c2cc3c(cc21)c1ccccc1n3-c1ccccc1.C=C/C=C(\C=C)n1c2ccccc2c2cc3c4ccccc4n(-c4ccccc4)c3cc21. The van der Waals surface area contributed by atoms with Crippen molar-refractivity contribution in [3.8, 4) is 22.7 Å². The highest BCUT2D eigenvalue weighted by Crippen LogP contribution is 2.47. The third-order valence-electron chi connectivity index (χ3n) is 25.0. The molecule has 8 nitrogen and oxygen atoms in total. The van der Waals surface area contributed by atoms with Gasteiger partial charge >= 0.3 is 0 Å². The van der Waals surface area contributed by atoms with Crippen molar-refractivity contribution >= 4 is 197 Å². The fraction of sp³-hybridized carbons (Fsp3) is 0. The van der Waals surface area contributed by atoms with Crippen molar-refractivity contribution in [2.45, 2.75) is 0 Å². The monoisotopic (exact) mass is 1640 g/mol. The molecule has 0 fully saturated rings. The number of hydrogen-bond acceptors (Lipinski definition) is 0. The van der Waals surface area contributed by atoms with Gasteiger partial charge in [-0.05, 0) is 188 Å². The standard InChI is InChI=1S/4C30H22N2/c1-3-12-21(4-2)31-27-17-10-8-15-23(27)25-20-30-26(19-29(25)31)24-16-9-11-18-28(24)32(30)22-13-6-5-7-14-22;1-3-12-21(4-2)31-27-17-10-8-15-23(27)25-19-26-24-16-9-11-18-28(24)32(30(26)20-29(25)31)22-13-6-5-7-14-22;1-3-12-21(4-2)31-27-18-11-9-16-25(27)29-28(31)20-19-24-23-15-8-10-17-26(23)32(30(24)29)22-13-6-5-7-14-22;1-3-12-21(4-2)31-25-17-10-8-15-23(25)29-27(31)19-20-28-30(29)24-16-9-11-18-26(24)32(28)22-13-6-5-7-14-22/h4*3-20H,1-2H2/b4*21-12+. The third-order valence-corrected chi connectivity index (χ3v) is 25.0. The molecule has 0 saturated carbocycles. The van der Waals surface area contributed by atoms with Crippen molar-refractivity contribution in [1.82, 2.24) is 36.5 Å². The molecule has 0 aliphatic rings. The topological polar surface area (TPSA) is 39.4 Å². The number of fused-ring (bicyclic) bond motifs is 26. The van der Waals surface area contributed by atoms with Gasteiger partial charge < -0.3 is 36.5 Å². The minimum Gasteiger partial charge on any atom is -0.309 e. The number of hydrogen-bond donors (Lipinski definition) is 0. The zero-order chi connectivity index (χ0) is 86.6. The molecular formula is C120H88N8. The predicted molar refractivity (Wildman–Crippen MR) is 554 cm³/mol. The Labute approximate surface area is 741 Å². The van der Waals surface area contributed by atoms with Gasteiger partial charge in [-0.1, -0.05) is 301 Å². The van der Waals surface area contributed by atoms with Gasteiger partial charge in [0.2, 0.25) is 0 Å². The van der Waals surface area contributed by atoms with E-state index >= 15 is 0 Å². The van der Waals surface area contributed by atoms with Crippen molar-refractivity contribution < 1.29 is 0 Å². The lowest BCUT2D eigenvalue weighted by Crippen LogP contribution is -1.96. The van der Waals surface area contributed by atoms with E-state index in [9.17, 15) is 0 Å². The van der Waals surface area contributed by atoms with Crippen LogP contribution in [0.1, 0.15) is 0 Å². The van der Waals surface area contributed by atoms with Crippen molar-refractivity contribution in [1.29, 1.82) is 0 Å². The fourth-order valence-corrected chi connectivity index (χ4v) is 19.8. The second-order valence-corrected chi connectivity index (χ2v) is 31.8. The van der Waals surface area contributed by atoms with Gasteiger partial charge in [0, 0.05) is 132 Å². The largest absolute Gasteiger partial charge is 0.309 e. The smallest absolute Gasteiger partial charge is 0.0641 e. The predicted octanol–water partition coefficient (Wildman–Crippen LogP) is 32.4. The van der Waals surface area contributed by atoms with Crippen molar-refractivity contribution in [2.24, 2.45) is 0 Å². The van der Waals surface area contributed by atoms with Crippen LogP contribution in [0.25, 0.3) is 220 Å². The maximum atomic E-state index is 4.07. The first-order valence-electron chi connectivity index (χ1n) is 43.2. The lowest BCUT2D eigenvalue weighted by molar-refractivity contribution is 1.18. The normalized spacial score (nSPS) is 12.2. The summed E-state index contributed by atoms with van der Waals surface area (Å²) >= 11 is 0. The highest BCUT2D eigenvalue weighted by Gasteiger charge is 2.26. The molecule has 16 aromatic carbocycles. The summed E-state index contributed by atoms with van der Waals surface area (Å²) in [5, 5.41) is 20.0. The van der Waals surface area contributed by atoms with Gasteiger partial charge in [-0.3, -0.25) is 0 Å². The van der Waals surface area contributed by atoms with Crippen molar-refractivity contribution in [2.75, 3.05) is 0 Å². The molecular weight excluding hydrogens is 1550 g/mol. The van der Waals surface area contributed by atoms with Gasteiger partial charge in [-0.15, -0.1) is 0 Å². The van der Waals surface area contributed by atoms with E-state index in [4.69, 9.17) is 0 Å². The van der Waals surface area contributed by atoms with Crippen LogP contribution in [-0.4, -0.2) is 36.5 Å². The van der Waals surface area contributed by atoms with E-state index in [-0.39, 0.29) is 0 Å². The molecule has 8 heterocycles. The van der Waals surface area contributed by atoms with E-state index in [2.05, 4.69) is 453 Å². The Balaban J connectivity index is 0.000000104. The number of nitrogens with zero attached hydrogens (tertiary/aromatic N) is 8. The first-order valence-corrected chi connectivity index (χ1v) is 43.2. The third kappa shape index (κ3) is 12.6. The van der Waals surface area contributed by atoms with Crippen LogP contribution in [0.4, 0.5) is 0 Å². The summed E-state index contributed by atoms with van der Waals surface area (Å²) in [6.07, 6.45) is 22.9. The average Bonchev–Trinajstić information content (AvgIpc) is 1.55. The Kier molecular flexibility index (Phi) is 20.1. The van der Waals surface area contributed by atoms with Crippen molar-refractivity contribution in [3.63, 3.8) is 0 Å². The van der Waals surface area contributed by atoms with Crippen LogP contribution in [0.2, 0.25) is 0 Å². The highest BCUT2D eigenvalue weighted by atomic mass is 15.0. The highest BCUT2D eigenvalue weighted by molar-refractivity contribution is 6.31. The Bertz CT molecular complexity index is 8690. The number of rotatable bonds is 16. The first-order chi connectivity index (χ1) is 63.3. The summed E-state index contributed by atoms with van der Waals surface area (Å²) in [6.45, 7) is 31.9. The number of allylic oxidation sites excluding steroid dienone is 16. The molecule has 0 aliphatic heterocycles. The van der Waals surface area contributed by atoms with Gasteiger partial charge in [0.25, 0.3) is 0 Å². The van der Waals surface area contributed by atoms with Crippen molar-refractivity contribution in [3.05, 3.63) is 490 Å². The second kappa shape index (κ2) is 32.9. The van der Waals surface area contributed by atoms with Gasteiger partial charge in [0.15, 0.2) is 0 Å². The minimum atomic E-state index is 1.01. The maximum Gasteiger partial charge on any atom is 0.0641 e. The molecule has 0 atom stereocenters. The summed E-state index contributed by atoms with van der Waals surface area (Å²) in [5.41, 5.74) is 27.7. The molecule has 0 aliphatic carbocycles. The number of aromatic nitrogens is 8. The molecule has 8 aromatic heterocycles. The molecule has 0 bridgehead atoms. The van der Waals surface area contributed by atoms with Crippen LogP contribution in [0.5, 0.6) is 0 Å². The molecule has 0 saturated heterocycles. The molecule has 0 radical (unpaired) electrons. The molecule has 0 amide bonds. The first kappa shape index (κ1) is 78.1. The van der Waals surface area contributed by atoms with Crippen LogP contribution < -0.4 is 0 Å². The number of para-hydroxylation sites is 12. The molecule has 608 valence electrons. The molecule has 0 spiro atoms. The lowest BCUT2D eigenvalue weighted by Gasteiger charge is -2.10. The van der Waals surface area contributed by atoms with E-state index in [0.29, 0.717) is 0 Å². The van der Waals surface area contributed by atoms with Crippen LogP contribution in [-0.2, 0) is 0 Å². The summed E-state index contributed by atoms with van der Waals surface area (Å²) < 4.78 is 18.6. The van der Waals surface area contributed by atoms with E-state index in [0.717, 1.165) is 50.7 Å². The summed E-state index contributed by atoms with van der Waals surface area (Å²) in [7, 11) is 0. The maximum absolute atomic E-state index is 4.07. The van der Waals surface area contributed by atoms with Gasteiger partial charge in [0.1, 0.15) is 0 Å². The zero-order valence-corrected chi connectivity index (χ0v) is 70.8. The average molecular weight is 1640 g/mol. The van der Waals surface area contributed by atoms with E-state index in [1.807, 2.05) is 72.9 Å². The molecule has 0 unspecified atom stereocenters.